The third kappa shape index (κ3) is 1.59. The summed E-state index contributed by atoms with van der Waals surface area (Å²) in [5.74, 6) is 0.595. The largest absolute Gasteiger partial charge is 0.241 e. The van der Waals surface area contributed by atoms with E-state index in [1.54, 1.807) is 0 Å². The molecule has 0 aliphatic heterocycles. The number of thiazole rings is 1. The zero-order valence-electron chi connectivity index (χ0n) is 7.95. The van der Waals surface area contributed by atoms with E-state index in [4.69, 9.17) is 0 Å². The highest BCUT2D eigenvalue weighted by molar-refractivity contribution is 7.18. The van der Waals surface area contributed by atoms with Crippen molar-refractivity contribution in [2.45, 2.75) is 26.2 Å². The van der Waals surface area contributed by atoms with Gasteiger partial charge in [0.15, 0.2) is 0 Å². The first-order chi connectivity index (χ1) is 6.31. The maximum atomic E-state index is 4.60. The normalized spacial score (nSPS) is 13.4. The highest BCUT2D eigenvalue weighted by Gasteiger charge is 2.08. The highest BCUT2D eigenvalue weighted by atomic mass is 32.1. The van der Waals surface area contributed by atoms with Crippen molar-refractivity contribution in [3.05, 3.63) is 29.3 Å². The van der Waals surface area contributed by atoms with Crippen LogP contribution in [0.1, 0.15) is 31.2 Å². The molecule has 0 unspecified atom stereocenters. The Morgan fingerprint density at radius 1 is 1.38 bits per heavy atom. The van der Waals surface area contributed by atoms with E-state index in [0.29, 0.717) is 5.92 Å². The van der Waals surface area contributed by atoms with Gasteiger partial charge in [-0.1, -0.05) is 26.0 Å². The fourth-order valence-corrected chi connectivity index (χ4v) is 2.38. The van der Waals surface area contributed by atoms with E-state index in [9.17, 15) is 0 Å². The van der Waals surface area contributed by atoms with Crippen LogP contribution in [0.5, 0.6) is 0 Å². The number of benzene rings is 1. The number of rotatable bonds is 2. The van der Waals surface area contributed by atoms with E-state index in [1.807, 2.05) is 17.4 Å². The molecule has 0 saturated heterocycles. The molecule has 0 aliphatic rings. The number of nitrogens with zero attached hydrogens (tertiary/aromatic N) is 1. The van der Waals surface area contributed by atoms with E-state index < -0.39 is 0 Å². The fraction of sp³-hybridized carbons (Fsp3) is 0.364. The molecule has 1 nitrogen and oxygen atoms in total. The number of para-hydroxylation sites is 1. The Morgan fingerprint density at radius 2 is 2.15 bits per heavy atom. The molecule has 0 amide bonds. The molecule has 13 heavy (non-hydrogen) atoms. The molecule has 1 atom stereocenters. The van der Waals surface area contributed by atoms with E-state index >= 15 is 0 Å². The molecule has 2 rings (SSSR count). The van der Waals surface area contributed by atoms with Crippen molar-refractivity contribution in [2.75, 3.05) is 0 Å². The van der Waals surface area contributed by atoms with Gasteiger partial charge in [0, 0.05) is 5.92 Å². The van der Waals surface area contributed by atoms with Gasteiger partial charge >= 0.3 is 0 Å². The van der Waals surface area contributed by atoms with E-state index in [2.05, 4.69) is 37.0 Å². The Balaban J connectivity index is 2.49. The second-order valence-electron chi connectivity index (χ2n) is 3.33. The van der Waals surface area contributed by atoms with Gasteiger partial charge in [0.05, 0.1) is 15.2 Å². The summed E-state index contributed by atoms with van der Waals surface area (Å²) in [5.41, 5.74) is 1.14. The van der Waals surface area contributed by atoms with Crippen molar-refractivity contribution >= 4 is 21.6 Å². The first-order valence-electron chi connectivity index (χ1n) is 4.66. The molecule has 0 saturated carbocycles. The third-order valence-corrected chi connectivity index (χ3v) is 3.61. The van der Waals surface area contributed by atoms with Crippen molar-refractivity contribution in [1.82, 2.24) is 4.98 Å². The predicted octanol–water partition coefficient (Wildman–Crippen LogP) is 3.81. The maximum absolute atomic E-state index is 4.60. The van der Waals surface area contributed by atoms with Crippen LogP contribution in [0, 0.1) is 0 Å². The lowest BCUT2D eigenvalue weighted by atomic mass is 10.1. The summed E-state index contributed by atoms with van der Waals surface area (Å²) in [6.45, 7) is 4.44. The number of fused-ring (bicyclic) bond motifs is 1. The summed E-state index contributed by atoms with van der Waals surface area (Å²) in [7, 11) is 0. The quantitative estimate of drug-likeness (QED) is 0.703. The van der Waals surface area contributed by atoms with Gasteiger partial charge in [-0.3, -0.25) is 0 Å². The minimum atomic E-state index is 0.595. The van der Waals surface area contributed by atoms with E-state index in [-0.39, 0.29) is 0 Å². The van der Waals surface area contributed by atoms with Crippen LogP contribution < -0.4 is 0 Å². The Bertz CT molecular complexity index is 372. The molecule has 0 aliphatic carbocycles. The summed E-state index contributed by atoms with van der Waals surface area (Å²) < 4.78 is 1.30. The van der Waals surface area contributed by atoms with Gasteiger partial charge in [-0.15, -0.1) is 11.3 Å². The average Bonchev–Trinajstić information content (AvgIpc) is 2.59. The van der Waals surface area contributed by atoms with Gasteiger partial charge in [-0.05, 0) is 18.6 Å². The van der Waals surface area contributed by atoms with E-state index in [1.165, 1.54) is 16.1 Å². The summed E-state index contributed by atoms with van der Waals surface area (Å²) in [5, 5.41) is 1.27. The standard InChI is InChI=1S/C11H13NS/c1-3-8(2)11-12-9-6-4-5-7-10(9)13-11/h4-8H,3H2,1-2H3/t8-/m1/s1. The van der Waals surface area contributed by atoms with Crippen LogP contribution in [0.15, 0.2) is 24.3 Å². The van der Waals surface area contributed by atoms with Crippen LogP contribution in [0.4, 0.5) is 0 Å². The van der Waals surface area contributed by atoms with Crippen LogP contribution >= 0.6 is 11.3 Å². The Labute approximate surface area is 82.4 Å². The number of hydrogen-bond donors (Lipinski definition) is 0. The van der Waals surface area contributed by atoms with Crippen molar-refractivity contribution in [2.24, 2.45) is 0 Å². The zero-order chi connectivity index (χ0) is 9.26. The van der Waals surface area contributed by atoms with Crippen LogP contribution in [0.2, 0.25) is 0 Å². The molecule has 0 spiro atoms. The minimum absolute atomic E-state index is 0.595. The third-order valence-electron chi connectivity index (χ3n) is 2.34. The lowest BCUT2D eigenvalue weighted by molar-refractivity contribution is 0.729. The van der Waals surface area contributed by atoms with Crippen molar-refractivity contribution in [3.63, 3.8) is 0 Å². The minimum Gasteiger partial charge on any atom is -0.241 e. The summed E-state index contributed by atoms with van der Waals surface area (Å²) in [6, 6.07) is 8.33. The van der Waals surface area contributed by atoms with Gasteiger partial charge < -0.3 is 0 Å². The molecule has 1 aromatic carbocycles. The van der Waals surface area contributed by atoms with Gasteiger partial charge in [-0.25, -0.2) is 4.98 Å². The Morgan fingerprint density at radius 3 is 2.85 bits per heavy atom. The second-order valence-corrected chi connectivity index (χ2v) is 4.39. The molecule has 1 heterocycles. The Kier molecular flexibility index (Phi) is 2.32. The van der Waals surface area contributed by atoms with Gasteiger partial charge in [-0.2, -0.15) is 0 Å². The lowest BCUT2D eigenvalue weighted by Gasteiger charge is -2.00. The van der Waals surface area contributed by atoms with Crippen molar-refractivity contribution in [1.29, 1.82) is 0 Å². The first kappa shape index (κ1) is 8.70. The van der Waals surface area contributed by atoms with Crippen LogP contribution in [-0.4, -0.2) is 4.98 Å². The fourth-order valence-electron chi connectivity index (χ4n) is 1.28. The van der Waals surface area contributed by atoms with Gasteiger partial charge in [0.25, 0.3) is 0 Å². The molecule has 0 radical (unpaired) electrons. The summed E-state index contributed by atoms with van der Waals surface area (Å²) in [6.07, 6.45) is 1.17. The average molecular weight is 191 g/mol. The number of hydrogen-bond acceptors (Lipinski definition) is 2. The summed E-state index contributed by atoms with van der Waals surface area (Å²) >= 11 is 1.82. The highest BCUT2D eigenvalue weighted by Crippen LogP contribution is 2.28. The monoisotopic (exact) mass is 191 g/mol. The second kappa shape index (κ2) is 3.46. The number of aromatic nitrogens is 1. The van der Waals surface area contributed by atoms with Crippen molar-refractivity contribution in [3.8, 4) is 0 Å². The molecule has 68 valence electrons. The SMILES string of the molecule is CC[C@@H](C)c1nc2ccccc2s1. The first-order valence-corrected chi connectivity index (χ1v) is 5.48. The topological polar surface area (TPSA) is 12.9 Å². The molecule has 2 heteroatoms. The molecule has 0 bridgehead atoms. The molecule has 0 N–H and O–H groups in total. The van der Waals surface area contributed by atoms with Crippen LogP contribution in [0.25, 0.3) is 10.2 Å². The van der Waals surface area contributed by atoms with Gasteiger partial charge in [0.2, 0.25) is 0 Å². The summed E-state index contributed by atoms with van der Waals surface area (Å²) in [4.78, 5) is 4.60. The lowest BCUT2D eigenvalue weighted by Crippen LogP contribution is -1.88. The van der Waals surface area contributed by atoms with Crippen LogP contribution in [0.3, 0.4) is 0 Å². The molecule has 0 fully saturated rings. The van der Waals surface area contributed by atoms with Gasteiger partial charge in [0.1, 0.15) is 0 Å². The van der Waals surface area contributed by atoms with E-state index in [0.717, 1.165) is 5.52 Å². The van der Waals surface area contributed by atoms with Crippen molar-refractivity contribution < 1.29 is 0 Å². The molecule has 2 aromatic rings. The zero-order valence-corrected chi connectivity index (χ0v) is 8.77. The Hall–Kier alpha value is -0.890. The predicted molar refractivity (Wildman–Crippen MR) is 58.3 cm³/mol. The maximum Gasteiger partial charge on any atom is 0.0966 e. The molecular formula is C11H13NS. The molecule has 1 aromatic heterocycles. The molecular weight excluding hydrogens is 178 g/mol. The van der Waals surface area contributed by atoms with Crippen LogP contribution in [-0.2, 0) is 0 Å². The smallest absolute Gasteiger partial charge is 0.0966 e.